The number of aromatic nitrogens is 4. The molecule has 0 spiro atoms. The lowest BCUT2D eigenvalue weighted by Crippen LogP contribution is -2.61. The lowest BCUT2D eigenvalue weighted by Gasteiger charge is -2.41. The number of rotatable bonds is 10. The number of hydrogen-bond acceptors (Lipinski definition) is 17. The Morgan fingerprint density at radius 3 is 2.35 bits per heavy atom. The van der Waals surface area contributed by atoms with E-state index in [1.165, 1.54) is 10.9 Å². The molecule has 2 aromatic rings. The van der Waals surface area contributed by atoms with Crippen molar-refractivity contribution < 1.29 is 73.2 Å². The normalized spacial score (nSPS) is 36.8. The van der Waals surface area contributed by atoms with Gasteiger partial charge in [0, 0.05) is 0 Å². The molecule has 5 unspecified atom stereocenters. The number of anilines is 1. The van der Waals surface area contributed by atoms with E-state index in [0.717, 1.165) is 6.33 Å². The molecular formula is C18H29N5O15P2. The molecule has 20 nitrogen and oxygen atoms in total. The Morgan fingerprint density at radius 1 is 0.975 bits per heavy atom. The van der Waals surface area contributed by atoms with Crippen molar-refractivity contribution in [3.05, 3.63) is 12.7 Å². The average molecular weight is 617 g/mol. The zero-order valence-corrected chi connectivity index (χ0v) is 22.1. The van der Waals surface area contributed by atoms with Crippen molar-refractivity contribution in [3.8, 4) is 0 Å². The van der Waals surface area contributed by atoms with Crippen LogP contribution < -0.4 is 5.73 Å². The Balaban J connectivity index is 1.38. The highest BCUT2D eigenvalue weighted by Gasteiger charge is 2.50. The van der Waals surface area contributed by atoms with Crippen molar-refractivity contribution in [1.82, 2.24) is 19.5 Å². The van der Waals surface area contributed by atoms with Crippen molar-refractivity contribution in [2.75, 3.05) is 24.9 Å². The molecule has 2 aliphatic heterocycles. The van der Waals surface area contributed by atoms with Gasteiger partial charge in [-0.05, 0) is 0 Å². The quantitative estimate of drug-likeness (QED) is 0.112. The van der Waals surface area contributed by atoms with E-state index in [0.29, 0.717) is 0 Å². The summed E-state index contributed by atoms with van der Waals surface area (Å²) in [6, 6.07) is 0. The molecule has 12 atom stereocenters. The Morgan fingerprint density at radius 2 is 1.68 bits per heavy atom. The van der Waals surface area contributed by atoms with Crippen LogP contribution in [0.3, 0.4) is 0 Å². The van der Waals surface area contributed by atoms with E-state index in [1.54, 1.807) is 0 Å². The standard InChI is InChI=1S/C18H29N5O15P2/c19-15-8-16(21-3-20-15)23(4-22-8)17-12(29)9(26)7(36-17)2-35-39(31,32)5-40(33,34)38-18-13(30)10(27)11(28)14(37-18)6(25)1-24/h3-4,6-7,9-14,17-18,24-30H,1-2,5H2,(H,31,32)(H,33,34)(H2,19,20,21)/t6-,7-,9+,10?,11+,12+,13?,14?,17-,18+/m1/s1. The molecule has 4 heterocycles. The Hall–Kier alpha value is -1.71. The topological polar surface area (TPSA) is 323 Å². The summed E-state index contributed by atoms with van der Waals surface area (Å²) in [5, 5.41) is 69.5. The minimum Gasteiger partial charge on any atom is -0.394 e. The summed E-state index contributed by atoms with van der Waals surface area (Å²) in [6.45, 7) is -1.79. The van der Waals surface area contributed by atoms with Crippen LogP contribution in [0.25, 0.3) is 11.2 Å². The number of aliphatic hydroxyl groups excluding tert-OH is 7. The fourth-order valence-electron chi connectivity index (χ4n) is 4.19. The smallest absolute Gasteiger partial charge is 0.342 e. The average Bonchev–Trinajstić information content (AvgIpc) is 3.43. The van der Waals surface area contributed by atoms with E-state index in [9.17, 15) is 49.6 Å². The van der Waals surface area contributed by atoms with E-state index < -0.39 is 95.7 Å². The molecule has 2 aliphatic rings. The first-order valence-corrected chi connectivity index (χ1v) is 15.1. The van der Waals surface area contributed by atoms with Crippen molar-refractivity contribution >= 4 is 32.2 Å². The van der Waals surface area contributed by atoms with Crippen LogP contribution in [0.15, 0.2) is 12.7 Å². The second kappa shape index (κ2) is 11.9. The molecular weight excluding hydrogens is 588 g/mol. The van der Waals surface area contributed by atoms with E-state index >= 15 is 0 Å². The van der Waals surface area contributed by atoms with Gasteiger partial charge in [0.2, 0.25) is 0 Å². The molecule has 0 radical (unpaired) electrons. The van der Waals surface area contributed by atoms with Gasteiger partial charge in [0.05, 0.1) is 19.5 Å². The number of fused-ring (bicyclic) bond motifs is 1. The van der Waals surface area contributed by atoms with Gasteiger partial charge >= 0.3 is 15.2 Å². The first-order chi connectivity index (χ1) is 18.7. The third-order valence-corrected chi connectivity index (χ3v) is 10.2. The maximum Gasteiger partial charge on any atom is 0.342 e. The number of imidazole rings is 1. The maximum atomic E-state index is 12.6. The van der Waals surface area contributed by atoms with E-state index in [2.05, 4.69) is 15.0 Å². The molecule has 40 heavy (non-hydrogen) atoms. The van der Waals surface area contributed by atoms with Crippen molar-refractivity contribution in [3.63, 3.8) is 0 Å². The predicted octanol–water partition coefficient (Wildman–Crippen LogP) is -4.45. The van der Waals surface area contributed by atoms with Crippen LogP contribution in [0.2, 0.25) is 0 Å². The van der Waals surface area contributed by atoms with Crippen molar-refractivity contribution in [2.45, 2.75) is 61.3 Å². The largest absolute Gasteiger partial charge is 0.394 e. The summed E-state index contributed by atoms with van der Waals surface area (Å²) < 4.78 is 46.5. The van der Waals surface area contributed by atoms with Crippen LogP contribution in [0.1, 0.15) is 6.23 Å². The number of nitrogens with two attached hydrogens (primary N) is 1. The first kappa shape index (κ1) is 31.2. The summed E-state index contributed by atoms with van der Waals surface area (Å²) >= 11 is 0. The van der Waals surface area contributed by atoms with Gasteiger partial charge in [0.15, 0.2) is 29.9 Å². The van der Waals surface area contributed by atoms with Gasteiger partial charge < -0.3 is 65.3 Å². The monoisotopic (exact) mass is 617 g/mol. The molecule has 226 valence electrons. The molecule has 22 heteroatoms. The highest BCUT2D eigenvalue weighted by atomic mass is 31.2. The van der Waals surface area contributed by atoms with Crippen molar-refractivity contribution in [1.29, 1.82) is 0 Å². The predicted molar refractivity (Wildman–Crippen MR) is 127 cm³/mol. The second-order valence-corrected chi connectivity index (χ2v) is 13.3. The second-order valence-electron chi connectivity index (χ2n) is 9.14. The maximum absolute atomic E-state index is 12.6. The number of nitrogens with zero attached hydrogens (tertiary/aromatic N) is 4. The third-order valence-electron chi connectivity index (χ3n) is 6.24. The first-order valence-electron chi connectivity index (χ1n) is 11.6. The van der Waals surface area contributed by atoms with Gasteiger partial charge in [-0.25, -0.2) is 15.0 Å². The number of ether oxygens (including phenoxy) is 2. The third kappa shape index (κ3) is 6.36. The van der Waals surface area contributed by atoms with Crippen LogP contribution in [0, 0.1) is 0 Å². The lowest BCUT2D eigenvalue weighted by molar-refractivity contribution is -0.291. The summed E-state index contributed by atoms with van der Waals surface area (Å²) in [6.07, 6.45) is -15.3. The van der Waals surface area contributed by atoms with E-state index in [-0.39, 0.29) is 17.0 Å². The SMILES string of the molecule is Nc1ncnc2c1ncn2[C@@H]1O[C@H](COP(=O)(O)CP(=O)(O)O[C@@H]2OC([C@H](O)CO)[C@@H](O)C(O)C2O)[C@H](O)[C@@H]1O. The number of hydrogen-bond donors (Lipinski definition) is 10. The minimum atomic E-state index is -5.15. The Kier molecular flexibility index (Phi) is 9.28. The van der Waals surface area contributed by atoms with Crippen LogP contribution >= 0.6 is 15.2 Å². The van der Waals surface area contributed by atoms with Crippen LogP contribution in [-0.4, -0.2) is 139 Å². The van der Waals surface area contributed by atoms with Gasteiger partial charge in [-0.2, -0.15) is 0 Å². The van der Waals surface area contributed by atoms with Gasteiger partial charge in [0.1, 0.15) is 60.7 Å². The summed E-state index contributed by atoms with van der Waals surface area (Å²) in [4.78, 5) is 32.1. The van der Waals surface area contributed by atoms with E-state index in [1.807, 2.05) is 0 Å². The molecule has 0 amide bonds. The van der Waals surface area contributed by atoms with Crippen molar-refractivity contribution in [2.24, 2.45) is 0 Å². The number of nitrogen functional groups attached to an aromatic ring is 1. The molecule has 2 saturated heterocycles. The van der Waals surface area contributed by atoms with Crippen LogP contribution in [0.5, 0.6) is 0 Å². The Labute approximate surface area is 224 Å². The summed E-state index contributed by atoms with van der Waals surface area (Å²) in [7, 11) is -10.2. The lowest BCUT2D eigenvalue weighted by atomic mass is 9.96. The molecule has 11 N–H and O–H groups in total. The molecule has 2 fully saturated rings. The van der Waals surface area contributed by atoms with Crippen LogP contribution in [0.4, 0.5) is 5.82 Å². The van der Waals surface area contributed by atoms with Gasteiger partial charge in [0.25, 0.3) is 0 Å². The van der Waals surface area contributed by atoms with Crippen LogP contribution in [-0.2, 0) is 27.7 Å². The van der Waals surface area contributed by atoms with Gasteiger partial charge in [-0.3, -0.25) is 18.2 Å². The highest BCUT2D eigenvalue weighted by Crippen LogP contribution is 2.59. The zero-order valence-electron chi connectivity index (χ0n) is 20.3. The Bertz CT molecular complexity index is 1290. The zero-order chi connectivity index (χ0) is 29.6. The molecule has 0 saturated carbocycles. The molecule has 0 aromatic carbocycles. The molecule has 0 aliphatic carbocycles. The number of aliphatic hydroxyl groups is 7. The van der Waals surface area contributed by atoms with Gasteiger partial charge in [-0.15, -0.1) is 0 Å². The fourth-order valence-corrected chi connectivity index (χ4v) is 7.47. The summed E-state index contributed by atoms with van der Waals surface area (Å²) in [5.41, 5.74) is 6.08. The highest BCUT2D eigenvalue weighted by molar-refractivity contribution is 7.70. The van der Waals surface area contributed by atoms with Gasteiger partial charge in [-0.1, -0.05) is 0 Å². The molecule has 0 bridgehead atoms. The van der Waals surface area contributed by atoms with E-state index in [4.69, 9.17) is 29.4 Å². The summed E-state index contributed by atoms with van der Waals surface area (Å²) in [5.74, 6) is -1.51. The molecule has 4 rings (SSSR count). The minimum absolute atomic E-state index is 0.0467. The molecule has 2 aromatic heterocycles. The fraction of sp³-hybridized carbons (Fsp3) is 0.722.